The lowest BCUT2D eigenvalue weighted by Crippen LogP contribution is -2.37. The Kier molecular flexibility index (Phi) is 4.12. The monoisotopic (exact) mass is 235 g/mol. The van der Waals surface area contributed by atoms with Gasteiger partial charge in [-0.05, 0) is 24.3 Å². The fourth-order valence-electron chi connectivity index (χ4n) is 1.88. The first-order valence-electron chi connectivity index (χ1n) is 5.88. The molecule has 0 aliphatic carbocycles. The second kappa shape index (κ2) is 5.80. The lowest BCUT2D eigenvalue weighted by molar-refractivity contribution is 0.0370. The second-order valence-electron chi connectivity index (χ2n) is 4.17. The van der Waals surface area contributed by atoms with Crippen molar-refractivity contribution in [3.05, 3.63) is 29.8 Å². The summed E-state index contributed by atoms with van der Waals surface area (Å²) in [5, 5.41) is 9.14. The van der Waals surface area contributed by atoms with E-state index in [1.54, 1.807) is 24.3 Å². The summed E-state index contributed by atoms with van der Waals surface area (Å²) in [5.74, 6) is 0.311. The molecule has 92 valence electrons. The van der Waals surface area contributed by atoms with E-state index in [-0.39, 0.29) is 11.5 Å². The SMILES string of the molecule is O=C(CCN1CCOCC1)c1ccc(O)cc1. The molecule has 4 heteroatoms. The van der Waals surface area contributed by atoms with Crippen molar-refractivity contribution in [1.82, 2.24) is 4.90 Å². The topological polar surface area (TPSA) is 49.8 Å². The number of phenolic OH excluding ortho intramolecular Hbond substituents is 1. The molecule has 0 spiro atoms. The molecule has 1 aromatic rings. The molecule has 1 N–H and O–H groups in total. The summed E-state index contributed by atoms with van der Waals surface area (Å²) >= 11 is 0. The standard InChI is InChI=1S/C13H17NO3/c15-12-3-1-11(2-4-12)13(16)5-6-14-7-9-17-10-8-14/h1-4,15H,5-10H2. The number of Topliss-reactive ketones (excluding diaryl/α,β-unsaturated/α-hetero) is 1. The number of aromatic hydroxyl groups is 1. The Morgan fingerprint density at radius 3 is 2.53 bits per heavy atom. The van der Waals surface area contributed by atoms with Gasteiger partial charge in [0.25, 0.3) is 0 Å². The van der Waals surface area contributed by atoms with Crippen LogP contribution >= 0.6 is 0 Å². The predicted molar refractivity (Wildman–Crippen MR) is 64.3 cm³/mol. The normalized spacial score (nSPS) is 16.9. The Hall–Kier alpha value is -1.39. The Balaban J connectivity index is 1.82. The van der Waals surface area contributed by atoms with Crippen LogP contribution in [-0.2, 0) is 4.74 Å². The largest absolute Gasteiger partial charge is 0.508 e. The summed E-state index contributed by atoms with van der Waals surface area (Å²) in [6.07, 6.45) is 0.519. The molecule has 0 saturated carbocycles. The van der Waals surface area contributed by atoms with Crippen LogP contribution in [0.5, 0.6) is 5.75 Å². The molecule has 1 aliphatic rings. The van der Waals surface area contributed by atoms with Gasteiger partial charge in [-0.25, -0.2) is 0 Å². The van der Waals surface area contributed by atoms with Crippen molar-refractivity contribution < 1.29 is 14.6 Å². The van der Waals surface area contributed by atoms with Gasteiger partial charge >= 0.3 is 0 Å². The van der Waals surface area contributed by atoms with Crippen molar-refractivity contribution in [2.45, 2.75) is 6.42 Å². The molecule has 0 amide bonds. The van der Waals surface area contributed by atoms with Crippen LogP contribution < -0.4 is 0 Å². The highest BCUT2D eigenvalue weighted by atomic mass is 16.5. The number of ketones is 1. The zero-order chi connectivity index (χ0) is 12.1. The third-order valence-electron chi connectivity index (χ3n) is 2.95. The quantitative estimate of drug-likeness (QED) is 0.799. The number of carbonyl (C=O) groups excluding carboxylic acids is 1. The van der Waals surface area contributed by atoms with Gasteiger partial charge in [0.05, 0.1) is 13.2 Å². The molecule has 1 aliphatic heterocycles. The number of phenols is 1. The molecule has 0 radical (unpaired) electrons. The Bertz CT molecular complexity index is 369. The zero-order valence-electron chi connectivity index (χ0n) is 9.76. The summed E-state index contributed by atoms with van der Waals surface area (Å²) in [7, 11) is 0. The van der Waals surface area contributed by atoms with E-state index in [4.69, 9.17) is 9.84 Å². The molecule has 0 bridgehead atoms. The fraction of sp³-hybridized carbons (Fsp3) is 0.462. The first-order valence-corrected chi connectivity index (χ1v) is 5.88. The van der Waals surface area contributed by atoms with Crippen LogP contribution in [0, 0.1) is 0 Å². The van der Waals surface area contributed by atoms with Crippen LogP contribution in [0.4, 0.5) is 0 Å². The molecule has 4 nitrogen and oxygen atoms in total. The molecule has 1 saturated heterocycles. The maximum absolute atomic E-state index is 11.9. The van der Waals surface area contributed by atoms with Crippen molar-refractivity contribution in [1.29, 1.82) is 0 Å². The van der Waals surface area contributed by atoms with E-state index in [2.05, 4.69) is 4.90 Å². The zero-order valence-corrected chi connectivity index (χ0v) is 9.76. The van der Waals surface area contributed by atoms with Gasteiger partial charge in [0.2, 0.25) is 0 Å². The first-order chi connectivity index (χ1) is 8.25. The van der Waals surface area contributed by atoms with E-state index in [9.17, 15) is 4.79 Å². The second-order valence-corrected chi connectivity index (χ2v) is 4.17. The molecular weight excluding hydrogens is 218 g/mol. The van der Waals surface area contributed by atoms with Gasteiger partial charge in [0.1, 0.15) is 5.75 Å². The fourth-order valence-corrected chi connectivity index (χ4v) is 1.88. The van der Waals surface area contributed by atoms with Gasteiger partial charge in [0, 0.05) is 31.6 Å². The number of rotatable bonds is 4. The Morgan fingerprint density at radius 1 is 1.24 bits per heavy atom. The van der Waals surface area contributed by atoms with E-state index in [0.29, 0.717) is 12.0 Å². The third kappa shape index (κ3) is 3.54. The molecule has 0 atom stereocenters. The lowest BCUT2D eigenvalue weighted by Gasteiger charge is -2.26. The maximum Gasteiger partial charge on any atom is 0.164 e. The van der Waals surface area contributed by atoms with Crippen molar-refractivity contribution in [2.75, 3.05) is 32.8 Å². The minimum Gasteiger partial charge on any atom is -0.508 e. The summed E-state index contributed by atoms with van der Waals surface area (Å²) in [4.78, 5) is 14.1. The number of hydrogen-bond acceptors (Lipinski definition) is 4. The van der Waals surface area contributed by atoms with E-state index < -0.39 is 0 Å². The predicted octanol–water partition coefficient (Wildman–Crippen LogP) is 1.30. The van der Waals surface area contributed by atoms with Gasteiger partial charge < -0.3 is 9.84 Å². The van der Waals surface area contributed by atoms with Gasteiger partial charge in [-0.2, -0.15) is 0 Å². The maximum atomic E-state index is 11.9. The molecule has 1 fully saturated rings. The molecule has 1 aromatic carbocycles. The molecule has 0 unspecified atom stereocenters. The van der Waals surface area contributed by atoms with Gasteiger partial charge in [-0.15, -0.1) is 0 Å². The Morgan fingerprint density at radius 2 is 1.88 bits per heavy atom. The van der Waals surface area contributed by atoms with E-state index >= 15 is 0 Å². The van der Waals surface area contributed by atoms with Gasteiger partial charge in [-0.3, -0.25) is 9.69 Å². The summed E-state index contributed by atoms with van der Waals surface area (Å²) in [5.41, 5.74) is 0.663. The average Bonchev–Trinajstić information content (AvgIpc) is 2.38. The number of benzene rings is 1. The molecule has 2 rings (SSSR count). The molecule has 17 heavy (non-hydrogen) atoms. The summed E-state index contributed by atoms with van der Waals surface area (Å²) in [6, 6.07) is 6.41. The highest BCUT2D eigenvalue weighted by molar-refractivity contribution is 5.96. The first kappa shape index (κ1) is 12.1. The number of hydrogen-bond donors (Lipinski definition) is 1. The van der Waals surface area contributed by atoms with Crippen LogP contribution in [0.1, 0.15) is 16.8 Å². The smallest absolute Gasteiger partial charge is 0.164 e. The van der Waals surface area contributed by atoms with E-state index in [1.807, 2.05) is 0 Å². The van der Waals surface area contributed by atoms with Gasteiger partial charge in [-0.1, -0.05) is 0 Å². The van der Waals surface area contributed by atoms with Crippen molar-refractivity contribution in [2.24, 2.45) is 0 Å². The molecular formula is C13H17NO3. The molecule has 0 aromatic heterocycles. The highest BCUT2D eigenvalue weighted by Gasteiger charge is 2.12. The number of morpholine rings is 1. The third-order valence-corrected chi connectivity index (χ3v) is 2.95. The number of carbonyl (C=O) groups is 1. The van der Waals surface area contributed by atoms with Crippen molar-refractivity contribution in [3.63, 3.8) is 0 Å². The van der Waals surface area contributed by atoms with Crippen LogP contribution in [-0.4, -0.2) is 48.6 Å². The van der Waals surface area contributed by atoms with Crippen molar-refractivity contribution >= 4 is 5.78 Å². The lowest BCUT2D eigenvalue weighted by atomic mass is 10.1. The van der Waals surface area contributed by atoms with Crippen LogP contribution in [0.3, 0.4) is 0 Å². The summed E-state index contributed by atoms with van der Waals surface area (Å²) < 4.78 is 5.25. The molecule has 1 heterocycles. The highest BCUT2D eigenvalue weighted by Crippen LogP contribution is 2.11. The number of ether oxygens (including phenoxy) is 1. The number of nitrogens with zero attached hydrogens (tertiary/aromatic N) is 1. The van der Waals surface area contributed by atoms with Crippen LogP contribution in [0.2, 0.25) is 0 Å². The van der Waals surface area contributed by atoms with Gasteiger partial charge in [0.15, 0.2) is 5.78 Å². The van der Waals surface area contributed by atoms with E-state index in [1.165, 1.54) is 0 Å². The average molecular weight is 235 g/mol. The minimum atomic E-state index is 0.122. The van der Waals surface area contributed by atoms with E-state index in [0.717, 1.165) is 32.8 Å². The summed E-state index contributed by atoms with van der Waals surface area (Å²) in [6.45, 7) is 4.11. The van der Waals surface area contributed by atoms with Crippen LogP contribution in [0.25, 0.3) is 0 Å². The minimum absolute atomic E-state index is 0.122. The van der Waals surface area contributed by atoms with Crippen LogP contribution in [0.15, 0.2) is 24.3 Å². The Labute approximate surface area is 101 Å². The van der Waals surface area contributed by atoms with Crippen molar-refractivity contribution in [3.8, 4) is 5.75 Å².